The first-order valence-corrected chi connectivity index (χ1v) is 11.2. The third kappa shape index (κ3) is 4.28. The van der Waals surface area contributed by atoms with Gasteiger partial charge in [0.1, 0.15) is 17.2 Å². The highest BCUT2D eigenvalue weighted by Gasteiger charge is 2.22. The van der Waals surface area contributed by atoms with Crippen LogP contribution in [0, 0.1) is 5.82 Å². The molecule has 0 spiro atoms. The summed E-state index contributed by atoms with van der Waals surface area (Å²) in [6, 6.07) is 13.7. The molecule has 3 heterocycles. The molecule has 5 rings (SSSR count). The number of nitrogens with one attached hydrogen (secondary N) is 1. The van der Waals surface area contributed by atoms with Crippen molar-refractivity contribution in [2.45, 2.75) is 32.2 Å². The van der Waals surface area contributed by atoms with Crippen molar-refractivity contribution in [3.63, 3.8) is 0 Å². The topological polar surface area (TPSA) is 77.6 Å². The van der Waals surface area contributed by atoms with Crippen LogP contribution in [0.1, 0.15) is 34.6 Å². The largest absolute Gasteiger partial charge is 0.349 e. The van der Waals surface area contributed by atoms with Crippen LogP contribution in [0.25, 0.3) is 22.6 Å². The number of aryl methyl sites for hydroxylation is 1. The first-order chi connectivity index (χ1) is 16.1. The molecule has 0 aliphatic heterocycles. The van der Waals surface area contributed by atoms with Crippen LogP contribution >= 0.6 is 0 Å². The monoisotopic (exact) mass is 444 g/mol. The Morgan fingerprint density at radius 1 is 1.06 bits per heavy atom. The zero-order valence-corrected chi connectivity index (χ0v) is 18.5. The second-order valence-electron chi connectivity index (χ2n) is 8.22. The number of halogens is 1. The lowest BCUT2D eigenvalue weighted by Gasteiger charge is -2.14. The van der Waals surface area contributed by atoms with E-state index in [0.29, 0.717) is 24.5 Å². The summed E-state index contributed by atoms with van der Waals surface area (Å²) in [6.45, 7) is 1.04. The van der Waals surface area contributed by atoms with E-state index in [9.17, 15) is 9.18 Å². The van der Waals surface area contributed by atoms with E-state index in [-0.39, 0.29) is 11.7 Å². The summed E-state index contributed by atoms with van der Waals surface area (Å²) in [5.74, 6) is -0.510. The smallest absolute Gasteiger partial charge is 0.269 e. The number of hydrogen-bond donors (Lipinski definition) is 1. The molecular weight excluding hydrogens is 419 g/mol. The van der Waals surface area contributed by atoms with Gasteiger partial charge < -0.3 is 5.32 Å². The number of fused-ring (bicyclic) bond motifs is 1. The van der Waals surface area contributed by atoms with E-state index in [1.807, 2.05) is 22.9 Å². The Labute approximate surface area is 191 Å². The standard InChI is InChI=1S/C25H25FN6O/c1-31-23(16-21(29-31)17-9-11-18(26)12-10-17)25(33)28-14-15-32-22-8-3-2-6-19(22)24(30-32)20-7-4-5-13-27-20/h4-5,7,9-13,16H,2-3,6,8,14-15H2,1H3,(H,28,33). The molecule has 1 aromatic carbocycles. The number of nitrogens with zero attached hydrogens (tertiary/aromatic N) is 5. The van der Waals surface area contributed by atoms with Crippen molar-refractivity contribution in [2.75, 3.05) is 6.54 Å². The van der Waals surface area contributed by atoms with Crippen LogP contribution in [0.3, 0.4) is 0 Å². The van der Waals surface area contributed by atoms with Crippen molar-refractivity contribution in [1.82, 2.24) is 29.9 Å². The van der Waals surface area contributed by atoms with Crippen LogP contribution in [0.5, 0.6) is 0 Å². The number of hydrogen-bond acceptors (Lipinski definition) is 4. The van der Waals surface area contributed by atoms with Gasteiger partial charge in [0, 0.05) is 36.6 Å². The highest BCUT2D eigenvalue weighted by molar-refractivity contribution is 5.93. The van der Waals surface area contributed by atoms with E-state index in [1.165, 1.54) is 23.4 Å². The van der Waals surface area contributed by atoms with Crippen molar-refractivity contribution >= 4 is 5.91 Å². The summed E-state index contributed by atoms with van der Waals surface area (Å²) in [6.07, 6.45) is 6.10. The third-order valence-corrected chi connectivity index (χ3v) is 6.03. The van der Waals surface area contributed by atoms with Gasteiger partial charge in [0.25, 0.3) is 5.91 Å². The van der Waals surface area contributed by atoms with Crippen LogP contribution in [0.15, 0.2) is 54.7 Å². The second kappa shape index (κ2) is 8.97. The first-order valence-electron chi connectivity index (χ1n) is 11.2. The fraction of sp³-hybridized carbons (Fsp3) is 0.280. The van der Waals surface area contributed by atoms with Gasteiger partial charge in [-0.3, -0.25) is 19.1 Å². The summed E-state index contributed by atoms with van der Waals surface area (Å²) < 4.78 is 16.8. The van der Waals surface area contributed by atoms with Gasteiger partial charge in [-0.2, -0.15) is 10.2 Å². The third-order valence-electron chi connectivity index (χ3n) is 6.03. The molecule has 0 saturated carbocycles. The number of rotatable bonds is 6. The van der Waals surface area contributed by atoms with Crippen LogP contribution in [-0.2, 0) is 26.4 Å². The predicted octanol–water partition coefficient (Wildman–Crippen LogP) is 3.79. The molecule has 3 aromatic heterocycles. The quantitative estimate of drug-likeness (QED) is 0.491. The maximum atomic E-state index is 13.2. The SMILES string of the molecule is Cn1nc(-c2ccc(F)cc2)cc1C(=O)NCCn1nc(-c2ccccn2)c2c1CCCC2. The van der Waals surface area contributed by atoms with Crippen molar-refractivity contribution < 1.29 is 9.18 Å². The van der Waals surface area contributed by atoms with Gasteiger partial charge in [-0.1, -0.05) is 6.07 Å². The lowest BCUT2D eigenvalue weighted by Crippen LogP contribution is -2.29. The summed E-state index contributed by atoms with van der Waals surface area (Å²) in [5, 5.41) is 12.2. The van der Waals surface area contributed by atoms with E-state index in [0.717, 1.165) is 42.6 Å². The number of carbonyl (C=O) groups is 1. The summed E-state index contributed by atoms with van der Waals surface area (Å²) in [7, 11) is 1.73. The van der Waals surface area contributed by atoms with E-state index in [4.69, 9.17) is 5.10 Å². The lowest BCUT2D eigenvalue weighted by atomic mass is 9.95. The average molecular weight is 445 g/mol. The van der Waals surface area contributed by atoms with Crippen LogP contribution in [0.4, 0.5) is 4.39 Å². The fourth-order valence-electron chi connectivity index (χ4n) is 4.37. The molecule has 33 heavy (non-hydrogen) atoms. The lowest BCUT2D eigenvalue weighted by molar-refractivity contribution is 0.0942. The van der Waals surface area contributed by atoms with Crippen LogP contribution in [-0.4, -0.2) is 37.0 Å². The second-order valence-corrected chi connectivity index (χ2v) is 8.22. The molecule has 1 N–H and O–H groups in total. The summed E-state index contributed by atoms with van der Waals surface area (Å²) >= 11 is 0. The predicted molar refractivity (Wildman–Crippen MR) is 123 cm³/mol. The Bertz CT molecular complexity index is 1280. The highest BCUT2D eigenvalue weighted by Crippen LogP contribution is 2.30. The molecule has 7 nitrogen and oxygen atoms in total. The minimum atomic E-state index is -0.306. The molecule has 1 amide bonds. The van der Waals surface area contributed by atoms with E-state index < -0.39 is 0 Å². The molecule has 0 radical (unpaired) electrons. The molecule has 4 aromatic rings. The summed E-state index contributed by atoms with van der Waals surface area (Å²) in [4.78, 5) is 17.3. The van der Waals surface area contributed by atoms with Gasteiger partial charge >= 0.3 is 0 Å². The van der Waals surface area contributed by atoms with E-state index >= 15 is 0 Å². The Hall–Kier alpha value is -3.81. The Balaban J connectivity index is 1.29. The molecule has 168 valence electrons. The molecule has 1 aliphatic rings. The van der Waals surface area contributed by atoms with Crippen LogP contribution < -0.4 is 5.32 Å². The minimum absolute atomic E-state index is 0.204. The maximum Gasteiger partial charge on any atom is 0.269 e. The molecule has 0 saturated heterocycles. The maximum absolute atomic E-state index is 13.2. The zero-order chi connectivity index (χ0) is 22.8. The minimum Gasteiger partial charge on any atom is -0.349 e. The van der Waals surface area contributed by atoms with Gasteiger partial charge in [-0.05, 0) is 68.1 Å². The van der Waals surface area contributed by atoms with Gasteiger partial charge in [0.05, 0.1) is 17.9 Å². The molecule has 0 atom stereocenters. The number of carbonyl (C=O) groups excluding carboxylic acids is 1. The molecule has 0 unspecified atom stereocenters. The van der Waals surface area contributed by atoms with Gasteiger partial charge in [-0.25, -0.2) is 4.39 Å². The zero-order valence-electron chi connectivity index (χ0n) is 18.5. The Kier molecular flexibility index (Phi) is 5.73. The van der Waals surface area contributed by atoms with Crippen molar-refractivity contribution in [2.24, 2.45) is 7.05 Å². The number of amides is 1. The Morgan fingerprint density at radius 2 is 1.88 bits per heavy atom. The van der Waals surface area contributed by atoms with Gasteiger partial charge in [-0.15, -0.1) is 0 Å². The normalized spacial score (nSPS) is 13.0. The van der Waals surface area contributed by atoms with Crippen molar-refractivity contribution in [3.8, 4) is 22.6 Å². The highest BCUT2D eigenvalue weighted by atomic mass is 19.1. The van der Waals surface area contributed by atoms with Gasteiger partial charge in [0.15, 0.2) is 0 Å². The molecule has 8 heteroatoms. The average Bonchev–Trinajstić information content (AvgIpc) is 3.41. The first kappa shape index (κ1) is 21.1. The van der Waals surface area contributed by atoms with E-state index in [1.54, 1.807) is 36.1 Å². The molecule has 0 fully saturated rings. The molecular formula is C25H25FN6O. The number of pyridine rings is 1. The number of benzene rings is 1. The van der Waals surface area contributed by atoms with E-state index in [2.05, 4.69) is 15.4 Å². The number of aromatic nitrogens is 5. The van der Waals surface area contributed by atoms with Crippen molar-refractivity contribution in [1.29, 1.82) is 0 Å². The molecule has 1 aliphatic carbocycles. The Morgan fingerprint density at radius 3 is 2.67 bits per heavy atom. The van der Waals surface area contributed by atoms with Gasteiger partial charge in [0.2, 0.25) is 0 Å². The summed E-state index contributed by atoms with van der Waals surface area (Å²) in [5.41, 5.74) is 6.21. The van der Waals surface area contributed by atoms with Crippen LogP contribution in [0.2, 0.25) is 0 Å². The van der Waals surface area contributed by atoms with Crippen molar-refractivity contribution in [3.05, 3.63) is 77.5 Å². The fourth-order valence-corrected chi connectivity index (χ4v) is 4.37. The molecule has 0 bridgehead atoms.